The Morgan fingerprint density at radius 3 is 1.78 bits per heavy atom. The molecule has 0 heterocycles. The second-order valence-corrected chi connectivity index (χ2v) is 6.79. The molecule has 0 aromatic rings. The van der Waals surface area contributed by atoms with Crippen molar-refractivity contribution in [2.45, 2.75) is 59.4 Å². The lowest BCUT2D eigenvalue weighted by molar-refractivity contribution is 0.0742. The monoisotopic (exact) mass is 274 g/mol. The summed E-state index contributed by atoms with van der Waals surface area (Å²) in [6, 6.07) is 0.786. The minimum absolute atomic E-state index is 0.649. The van der Waals surface area contributed by atoms with Gasteiger partial charge in [-0.15, -0.1) is 0 Å². The molecule has 0 saturated heterocycles. The Balaban J connectivity index is 4.19. The molecule has 0 aliphatic heterocycles. The summed E-state index contributed by atoms with van der Waals surface area (Å²) in [6.07, 6.45) is 9.37. The van der Waals surface area contributed by atoms with Gasteiger partial charge in [0.05, 0.1) is 0 Å². The maximum absolute atomic E-state index is 5.78. The molecule has 0 aromatic heterocycles. The van der Waals surface area contributed by atoms with Gasteiger partial charge in [-0.05, 0) is 33.6 Å². The van der Waals surface area contributed by atoms with E-state index in [9.17, 15) is 0 Å². The molecule has 0 spiro atoms. The van der Waals surface area contributed by atoms with Crippen LogP contribution in [0.2, 0.25) is 6.04 Å². The summed E-state index contributed by atoms with van der Waals surface area (Å²) in [5.41, 5.74) is 0. The third-order valence-corrected chi connectivity index (χ3v) is 5.52. The number of hydrogen-bond donors (Lipinski definition) is 0. The van der Waals surface area contributed by atoms with E-state index in [-0.39, 0.29) is 0 Å². The normalized spacial score (nSPS) is 12.4. The van der Waals surface area contributed by atoms with E-state index in [1.807, 2.05) is 20.8 Å². The van der Waals surface area contributed by atoms with Crippen LogP contribution in [0.1, 0.15) is 53.4 Å². The highest BCUT2D eigenvalue weighted by Crippen LogP contribution is 2.17. The first-order valence-electron chi connectivity index (χ1n) is 7.31. The first-order chi connectivity index (χ1) is 8.74. The predicted molar refractivity (Wildman–Crippen MR) is 78.7 cm³/mol. The van der Waals surface area contributed by atoms with Crippen molar-refractivity contribution < 1.29 is 13.3 Å². The van der Waals surface area contributed by atoms with Crippen molar-refractivity contribution in [1.82, 2.24) is 0 Å². The lowest BCUT2D eigenvalue weighted by atomic mass is 10.2. The predicted octanol–water partition coefficient (Wildman–Crippen LogP) is 4.17. The van der Waals surface area contributed by atoms with E-state index in [1.54, 1.807) is 0 Å². The van der Waals surface area contributed by atoms with Crippen LogP contribution in [0.4, 0.5) is 0 Å². The highest BCUT2D eigenvalue weighted by atomic mass is 28.4. The maximum Gasteiger partial charge on any atom is 0.504 e. The van der Waals surface area contributed by atoms with E-state index in [4.69, 9.17) is 13.3 Å². The van der Waals surface area contributed by atoms with Crippen molar-refractivity contribution in [1.29, 1.82) is 0 Å². The highest BCUT2D eigenvalue weighted by molar-refractivity contribution is 6.61. The van der Waals surface area contributed by atoms with Gasteiger partial charge in [-0.1, -0.05) is 31.9 Å². The Kier molecular flexibility index (Phi) is 11.8. The van der Waals surface area contributed by atoms with Crippen LogP contribution in [0.3, 0.4) is 0 Å². The van der Waals surface area contributed by atoms with Gasteiger partial charge in [0, 0.05) is 25.9 Å². The first kappa shape index (κ1) is 17.8. The molecule has 0 atom stereocenters. The Morgan fingerprint density at radius 2 is 1.33 bits per heavy atom. The minimum atomic E-state index is -2.45. The van der Waals surface area contributed by atoms with Crippen molar-refractivity contribution in [2.24, 2.45) is 0 Å². The molecule has 0 aliphatic rings. The van der Waals surface area contributed by atoms with Gasteiger partial charge in [0.25, 0.3) is 0 Å². The molecule has 0 aliphatic carbocycles. The van der Waals surface area contributed by atoms with Crippen LogP contribution in [0.25, 0.3) is 0 Å². The van der Waals surface area contributed by atoms with Gasteiger partial charge in [0.1, 0.15) is 0 Å². The molecule has 0 N–H and O–H groups in total. The fourth-order valence-corrected chi connectivity index (χ4v) is 4.20. The summed E-state index contributed by atoms with van der Waals surface area (Å²) in [4.78, 5) is 0. The van der Waals surface area contributed by atoms with Crippen LogP contribution in [0.5, 0.6) is 0 Å². The molecule has 0 unspecified atom stereocenters. The van der Waals surface area contributed by atoms with Crippen molar-refractivity contribution in [2.75, 3.05) is 19.8 Å². The lowest BCUT2D eigenvalue weighted by Gasteiger charge is -2.27. The summed E-state index contributed by atoms with van der Waals surface area (Å²) < 4.78 is 17.3. The van der Waals surface area contributed by atoms with E-state index in [0.717, 1.165) is 12.5 Å². The average Bonchev–Trinajstić information content (AvgIpc) is 2.35. The summed E-state index contributed by atoms with van der Waals surface area (Å²) >= 11 is 0. The minimum Gasteiger partial charge on any atom is -0.374 e. The molecule has 4 heteroatoms. The van der Waals surface area contributed by atoms with E-state index >= 15 is 0 Å². The Hall–Kier alpha value is -0.163. The van der Waals surface area contributed by atoms with Gasteiger partial charge in [-0.25, -0.2) is 0 Å². The summed E-state index contributed by atoms with van der Waals surface area (Å²) in [5, 5.41) is 0. The molecule has 108 valence electrons. The van der Waals surface area contributed by atoms with E-state index in [1.165, 1.54) is 19.3 Å². The van der Waals surface area contributed by atoms with Gasteiger partial charge in [0.15, 0.2) is 0 Å². The van der Waals surface area contributed by atoms with Crippen LogP contribution in [-0.2, 0) is 13.3 Å². The standard InChI is InChI=1S/C14H30O3Si/c1-5-9-10-11-12-13-14-18(15-6-2,16-7-3)17-8-4/h12-13H,5-11,14H2,1-4H3. The SMILES string of the molecule is CCCCCC=CC[Si](OCC)(OCC)OCC. The maximum atomic E-state index is 5.78. The molecule has 0 saturated carbocycles. The van der Waals surface area contributed by atoms with Gasteiger partial charge in [-0.3, -0.25) is 0 Å². The second-order valence-electron chi connectivity index (χ2n) is 4.15. The summed E-state index contributed by atoms with van der Waals surface area (Å²) in [6.45, 7) is 10.1. The Bertz CT molecular complexity index is 190. The molecule has 0 amide bonds. The highest BCUT2D eigenvalue weighted by Gasteiger charge is 2.38. The van der Waals surface area contributed by atoms with Crippen LogP contribution >= 0.6 is 0 Å². The zero-order valence-electron chi connectivity index (χ0n) is 12.5. The largest absolute Gasteiger partial charge is 0.504 e. The molecule has 0 bridgehead atoms. The number of unbranched alkanes of at least 4 members (excludes halogenated alkanes) is 3. The lowest BCUT2D eigenvalue weighted by Crippen LogP contribution is -2.45. The molecule has 0 rings (SSSR count). The van der Waals surface area contributed by atoms with Crippen LogP contribution in [0, 0.1) is 0 Å². The third kappa shape index (κ3) is 8.03. The third-order valence-electron chi connectivity index (χ3n) is 2.60. The van der Waals surface area contributed by atoms with Crippen LogP contribution < -0.4 is 0 Å². The Labute approximate surface area is 114 Å². The van der Waals surface area contributed by atoms with Crippen LogP contribution in [0.15, 0.2) is 12.2 Å². The molecule has 0 aromatic carbocycles. The first-order valence-corrected chi connectivity index (χ1v) is 9.24. The summed E-state index contributed by atoms with van der Waals surface area (Å²) in [7, 11) is -2.45. The topological polar surface area (TPSA) is 27.7 Å². The number of rotatable bonds is 12. The van der Waals surface area contributed by atoms with Gasteiger partial charge in [-0.2, -0.15) is 0 Å². The fourth-order valence-electron chi connectivity index (χ4n) is 1.82. The number of hydrogen-bond acceptors (Lipinski definition) is 3. The molecule has 0 radical (unpaired) electrons. The van der Waals surface area contributed by atoms with Crippen molar-refractivity contribution in [3.05, 3.63) is 12.2 Å². The fraction of sp³-hybridized carbons (Fsp3) is 0.857. The smallest absolute Gasteiger partial charge is 0.374 e. The quantitative estimate of drug-likeness (QED) is 0.304. The zero-order valence-corrected chi connectivity index (χ0v) is 13.5. The molecule has 0 fully saturated rings. The molecule has 3 nitrogen and oxygen atoms in total. The van der Waals surface area contributed by atoms with Crippen molar-refractivity contribution >= 4 is 8.80 Å². The molecular formula is C14H30O3Si. The van der Waals surface area contributed by atoms with Crippen molar-refractivity contribution in [3.63, 3.8) is 0 Å². The second kappa shape index (κ2) is 11.9. The summed E-state index contributed by atoms with van der Waals surface area (Å²) in [5.74, 6) is 0. The van der Waals surface area contributed by atoms with Gasteiger partial charge < -0.3 is 13.3 Å². The molecular weight excluding hydrogens is 244 g/mol. The number of allylic oxidation sites excluding steroid dienone is 2. The zero-order chi connectivity index (χ0) is 13.7. The van der Waals surface area contributed by atoms with Gasteiger partial charge >= 0.3 is 8.80 Å². The van der Waals surface area contributed by atoms with Crippen LogP contribution in [-0.4, -0.2) is 28.6 Å². The van der Waals surface area contributed by atoms with E-state index in [0.29, 0.717) is 19.8 Å². The van der Waals surface area contributed by atoms with Crippen molar-refractivity contribution in [3.8, 4) is 0 Å². The van der Waals surface area contributed by atoms with E-state index in [2.05, 4.69) is 19.1 Å². The average molecular weight is 274 g/mol. The Morgan fingerprint density at radius 1 is 0.778 bits per heavy atom. The molecule has 18 heavy (non-hydrogen) atoms. The van der Waals surface area contributed by atoms with E-state index < -0.39 is 8.80 Å². The van der Waals surface area contributed by atoms with Gasteiger partial charge in [0.2, 0.25) is 0 Å².